The first-order chi connectivity index (χ1) is 14.4. The van der Waals surface area contributed by atoms with Crippen LogP contribution in [0.15, 0.2) is 76.3 Å². The summed E-state index contributed by atoms with van der Waals surface area (Å²) in [6.07, 6.45) is 1.55. The molecule has 0 fully saturated rings. The lowest BCUT2D eigenvalue weighted by Crippen LogP contribution is -2.23. The first-order valence-corrected chi connectivity index (χ1v) is 10.4. The van der Waals surface area contributed by atoms with Gasteiger partial charge in [0.2, 0.25) is 0 Å². The molecule has 0 aliphatic rings. The number of nitrogens with one attached hydrogen (secondary N) is 2. The van der Waals surface area contributed by atoms with Gasteiger partial charge in [-0.15, -0.1) is 0 Å². The second-order valence-corrected chi connectivity index (χ2v) is 7.90. The fourth-order valence-electron chi connectivity index (χ4n) is 2.71. The largest absolute Gasteiger partial charge is 0.422 e. The molecule has 0 bridgehead atoms. The molecule has 0 saturated carbocycles. The molecule has 5 nitrogen and oxygen atoms in total. The minimum atomic E-state index is -0.422. The summed E-state index contributed by atoms with van der Waals surface area (Å²) in [6, 6.07) is 20.5. The van der Waals surface area contributed by atoms with Gasteiger partial charge in [0.1, 0.15) is 5.75 Å². The molecule has 0 radical (unpaired) electrons. The topological polar surface area (TPSA) is 62.7 Å². The summed E-state index contributed by atoms with van der Waals surface area (Å²) >= 11 is 8.70. The van der Waals surface area contributed by atoms with Gasteiger partial charge in [0.25, 0.3) is 0 Å². The summed E-state index contributed by atoms with van der Waals surface area (Å²) in [5.74, 6) is -0.0239. The lowest BCUT2D eigenvalue weighted by molar-refractivity contribution is 0.0733. The van der Waals surface area contributed by atoms with Crippen LogP contribution in [0.3, 0.4) is 0 Å². The molecule has 3 aromatic rings. The van der Waals surface area contributed by atoms with Crippen molar-refractivity contribution in [3.05, 3.63) is 93.5 Å². The lowest BCUT2D eigenvalue weighted by Gasteiger charge is -2.10. The molecule has 0 aliphatic heterocycles. The van der Waals surface area contributed by atoms with Gasteiger partial charge in [0.05, 0.1) is 11.8 Å². The van der Waals surface area contributed by atoms with Crippen molar-refractivity contribution in [1.29, 1.82) is 0 Å². The van der Waals surface area contributed by atoms with Gasteiger partial charge in [0, 0.05) is 15.7 Å². The molecule has 3 rings (SSSR count). The average molecular weight is 482 g/mol. The Morgan fingerprint density at radius 2 is 1.87 bits per heavy atom. The Hall–Kier alpha value is -3.03. The summed E-state index contributed by atoms with van der Waals surface area (Å²) < 4.78 is 6.44. The SMILES string of the molecule is Cc1cccc(NC(=S)NN=Cc2cc(Br)ccc2OC(=O)c2ccccc2C)c1. The van der Waals surface area contributed by atoms with Gasteiger partial charge in [-0.25, -0.2) is 4.79 Å². The first-order valence-electron chi connectivity index (χ1n) is 9.16. The van der Waals surface area contributed by atoms with Crippen LogP contribution >= 0.6 is 28.1 Å². The van der Waals surface area contributed by atoms with Gasteiger partial charge in [-0.1, -0.05) is 46.3 Å². The van der Waals surface area contributed by atoms with Crippen LogP contribution in [0.1, 0.15) is 27.0 Å². The second kappa shape index (κ2) is 10.1. The van der Waals surface area contributed by atoms with E-state index in [1.165, 1.54) is 0 Å². The monoisotopic (exact) mass is 481 g/mol. The number of hydrogen-bond donors (Lipinski definition) is 2. The van der Waals surface area contributed by atoms with E-state index >= 15 is 0 Å². The third-order valence-corrected chi connectivity index (χ3v) is 4.87. The summed E-state index contributed by atoms with van der Waals surface area (Å²) in [4.78, 5) is 12.6. The number of esters is 1. The first kappa shape index (κ1) is 21.7. The summed E-state index contributed by atoms with van der Waals surface area (Å²) in [6.45, 7) is 3.87. The van der Waals surface area contributed by atoms with Gasteiger partial charge >= 0.3 is 5.97 Å². The molecule has 7 heteroatoms. The van der Waals surface area contributed by atoms with E-state index in [9.17, 15) is 4.79 Å². The molecule has 0 spiro atoms. The van der Waals surface area contributed by atoms with Crippen LogP contribution in [-0.2, 0) is 0 Å². The molecule has 2 N–H and O–H groups in total. The molecule has 0 aromatic heterocycles. The van der Waals surface area contributed by atoms with E-state index in [4.69, 9.17) is 17.0 Å². The van der Waals surface area contributed by atoms with Crippen molar-refractivity contribution in [3.8, 4) is 5.75 Å². The van der Waals surface area contributed by atoms with Crippen LogP contribution in [0, 0.1) is 13.8 Å². The summed E-state index contributed by atoms with van der Waals surface area (Å²) in [7, 11) is 0. The molecule has 0 unspecified atom stereocenters. The highest BCUT2D eigenvalue weighted by molar-refractivity contribution is 9.10. The number of hydrogen-bond acceptors (Lipinski definition) is 4. The number of carbonyl (C=O) groups is 1. The zero-order valence-electron chi connectivity index (χ0n) is 16.5. The summed E-state index contributed by atoms with van der Waals surface area (Å²) in [5, 5.41) is 7.59. The van der Waals surface area contributed by atoms with Gasteiger partial charge in [-0.3, -0.25) is 5.43 Å². The standard InChI is InChI=1S/C23H20BrN3O2S/c1-15-6-5-8-19(12-15)26-23(30)27-25-14-17-13-18(24)10-11-21(17)29-22(28)20-9-4-3-7-16(20)2/h3-14H,1-2H3,(H2,26,27,30). The molecule has 0 aliphatic carbocycles. The van der Waals surface area contributed by atoms with Crippen LogP contribution in [0.2, 0.25) is 0 Å². The van der Waals surface area contributed by atoms with E-state index in [1.807, 2.05) is 56.3 Å². The van der Waals surface area contributed by atoms with Crippen molar-refractivity contribution in [3.63, 3.8) is 0 Å². The van der Waals surface area contributed by atoms with Crippen LogP contribution in [0.5, 0.6) is 5.75 Å². The van der Waals surface area contributed by atoms with Crippen molar-refractivity contribution >= 4 is 51.1 Å². The molecule has 30 heavy (non-hydrogen) atoms. The van der Waals surface area contributed by atoms with Crippen molar-refractivity contribution < 1.29 is 9.53 Å². The predicted octanol–water partition coefficient (Wildman–Crippen LogP) is 5.61. The van der Waals surface area contributed by atoms with E-state index in [1.54, 1.807) is 30.5 Å². The number of aryl methyl sites for hydroxylation is 2. The highest BCUT2D eigenvalue weighted by atomic mass is 79.9. The van der Waals surface area contributed by atoms with Crippen LogP contribution in [0.4, 0.5) is 5.69 Å². The average Bonchev–Trinajstić information content (AvgIpc) is 2.70. The van der Waals surface area contributed by atoms with E-state index in [2.05, 4.69) is 31.8 Å². The Kier molecular flexibility index (Phi) is 7.32. The van der Waals surface area contributed by atoms with E-state index < -0.39 is 5.97 Å². The minimum Gasteiger partial charge on any atom is -0.422 e. The number of carbonyl (C=O) groups excluding carboxylic acids is 1. The molecule has 152 valence electrons. The number of nitrogens with zero attached hydrogens (tertiary/aromatic N) is 1. The molecular weight excluding hydrogens is 462 g/mol. The maximum atomic E-state index is 12.6. The van der Waals surface area contributed by atoms with Gasteiger partial charge < -0.3 is 10.1 Å². The zero-order valence-corrected chi connectivity index (χ0v) is 18.9. The van der Waals surface area contributed by atoms with Crippen LogP contribution < -0.4 is 15.5 Å². The number of rotatable bonds is 5. The van der Waals surface area contributed by atoms with Crippen molar-refractivity contribution in [2.75, 3.05) is 5.32 Å². The third kappa shape index (κ3) is 5.98. The molecule has 0 atom stereocenters. The van der Waals surface area contributed by atoms with Crippen LogP contribution in [-0.4, -0.2) is 17.3 Å². The normalized spacial score (nSPS) is 10.6. The number of ether oxygens (including phenoxy) is 1. The van der Waals surface area contributed by atoms with Crippen molar-refractivity contribution in [2.24, 2.45) is 5.10 Å². The van der Waals surface area contributed by atoms with Gasteiger partial charge in [0.15, 0.2) is 5.11 Å². The molecule has 0 amide bonds. The van der Waals surface area contributed by atoms with Crippen molar-refractivity contribution in [2.45, 2.75) is 13.8 Å². The van der Waals surface area contributed by atoms with E-state index in [0.29, 0.717) is 22.0 Å². The molecular formula is C23H20BrN3O2S. The number of thiocarbonyl (C=S) groups is 1. The van der Waals surface area contributed by atoms with Gasteiger partial charge in [-0.2, -0.15) is 5.10 Å². The smallest absolute Gasteiger partial charge is 0.343 e. The summed E-state index contributed by atoms with van der Waals surface area (Å²) in [5.41, 5.74) is 6.76. The fraction of sp³-hybridized carbons (Fsp3) is 0.0870. The second-order valence-electron chi connectivity index (χ2n) is 6.58. The third-order valence-electron chi connectivity index (χ3n) is 4.19. The quantitative estimate of drug-likeness (QED) is 0.163. The number of hydrazone groups is 1. The Labute approximate surface area is 189 Å². The minimum absolute atomic E-state index is 0.352. The molecule has 0 saturated heterocycles. The Balaban J connectivity index is 1.69. The molecule has 0 heterocycles. The predicted molar refractivity (Wildman–Crippen MR) is 128 cm³/mol. The highest BCUT2D eigenvalue weighted by Gasteiger charge is 2.13. The number of halogens is 1. The maximum Gasteiger partial charge on any atom is 0.343 e. The Morgan fingerprint density at radius 1 is 1.07 bits per heavy atom. The number of anilines is 1. The van der Waals surface area contributed by atoms with Crippen molar-refractivity contribution in [1.82, 2.24) is 5.43 Å². The number of benzene rings is 3. The van der Waals surface area contributed by atoms with E-state index in [0.717, 1.165) is 21.3 Å². The Bertz CT molecular complexity index is 1120. The maximum absolute atomic E-state index is 12.6. The highest BCUT2D eigenvalue weighted by Crippen LogP contribution is 2.23. The van der Waals surface area contributed by atoms with Crippen LogP contribution in [0.25, 0.3) is 0 Å². The van der Waals surface area contributed by atoms with E-state index in [-0.39, 0.29) is 0 Å². The fourth-order valence-corrected chi connectivity index (χ4v) is 3.26. The molecule has 3 aromatic carbocycles. The Morgan fingerprint density at radius 3 is 2.63 bits per heavy atom. The zero-order chi connectivity index (χ0) is 21.5. The van der Waals surface area contributed by atoms with Gasteiger partial charge in [-0.05, 0) is 73.6 Å². The lowest BCUT2D eigenvalue weighted by atomic mass is 10.1.